The van der Waals surface area contributed by atoms with Crippen LogP contribution in [0.2, 0.25) is 5.02 Å². The van der Waals surface area contributed by atoms with Crippen molar-refractivity contribution >= 4 is 17.6 Å². The fourth-order valence-corrected chi connectivity index (χ4v) is 2.51. The summed E-state index contributed by atoms with van der Waals surface area (Å²) in [6, 6.07) is 7.40. The van der Waals surface area contributed by atoms with Crippen LogP contribution in [0.5, 0.6) is 0 Å². The summed E-state index contributed by atoms with van der Waals surface area (Å²) in [5.41, 5.74) is 3.05. The largest absolute Gasteiger partial charge is 0.481 e. The standard InChI is InChI=1S/C16H17ClN2O2/c1-3-13-11(9-15(20)21)14(4-2)19-16(18-13)10-7-5-6-8-12(10)17/h5-8H,3-4,9H2,1-2H3,(H,20,21). The summed E-state index contributed by atoms with van der Waals surface area (Å²) in [7, 11) is 0. The summed E-state index contributed by atoms with van der Waals surface area (Å²) >= 11 is 6.20. The normalized spacial score (nSPS) is 10.6. The van der Waals surface area contributed by atoms with Crippen molar-refractivity contribution in [2.24, 2.45) is 0 Å². The van der Waals surface area contributed by atoms with Crippen molar-refractivity contribution in [1.82, 2.24) is 9.97 Å². The van der Waals surface area contributed by atoms with Gasteiger partial charge in [0.05, 0.1) is 11.4 Å². The molecule has 0 saturated heterocycles. The second-order valence-corrected chi connectivity index (χ2v) is 5.08. The number of rotatable bonds is 5. The Morgan fingerprint density at radius 3 is 2.19 bits per heavy atom. The minimum absolute atomic E-state index is 0.0465. The molecule has 0 saturated carbocycles. The van der Waals surface area contributed by atoms with Gasteiger partial charge in [-0.15, -0.1) is 0 Å². The van der Waals surface area contributed by atoms with Gasteiger partial charge in [0.25, 0.3) is 0 Å². The van der Waals surface area contributed by atoms with Crippen molar-refractivity contribution in [3.8, 4) is 11.4 Å². The first kappa shape index (κ1) is 15.4. The summed E-state index contributed by atoms with van der Waals surface area (Å²) in [6.45, 7) is 3.92. The third-order valence-electron chi connectivity index (χ3n) is 3.29. The second-order valence-electron chi connectivity index (χ2n) is 4.68. The van der Waals surface area contributed by atoms with Gasteiger partial charge in [-0.1, -0.05) is 37.6 Å². The third kappa shape index (κ3) is 3.39. The lowest BCUT2D eigenvalue weighted by Gasteiger charge is -2.13. The Morgan fingerprint density at radius 1 is 1.14 bits per heavy atom. The van der Waals surface area contributed by atoms with Crippen LogP contribution in [-0.4, -0.2) is 21.0 Å². The van der Waals surface area contributed by atoms with Crippen molar-refractivity contribution in [1.29, 1.82) is 0 Å². The van der Waals surface area contributed by atoms with Gasteiger partial charge in [-0.2, -0.15) is 0 Å². The Labute approximate surface area is 128 Å². The van der Waals surface area contributed by atoms with E-state index < -0.39 is 5.97 Å². The van der Waals surface area contributed by atoms with Crippen LogP contribution in [0.3, 0.4) is 0 Å². The molecule has 110 valence electrons. The molecule has 0 atom stereocenters. The summed E-state index contributed by atoms with van der Waals surface area (Å²) in [4.78, 5) is 20.1. The predicted molar refractivity (Wildman–Crippen MR) is 82.6 cm³/mol. The first-order chi connectivity index (χ1) is 10.1. The molecule has 2 rings (SSSR count). The van der Waals surface area contributed by atoms with Crippen molar-refractivity contribution in [3.05, 3.63) is 46.2 Å². The fourth-order valence-electron chi connectivity index (χ4n) is 2.29. The molecule has 1 heterocycles. The summed E-state index contributed by atoms with van der Waals surface area (Å²) in [6.07, 6.45) is 1.28. The van der Waals surface area contributed by atoms with Crippen molar-refractivity contribution in [3.63, 3.8) is 0 Å². The van der Waals surface area contributed by atoms with Crippen LogP contribution in [0.4, 0.5) is 0 Å². The van der Waals surface area contributed by atoms with Crippen molar-refractivity contribution < 1.29 is 9.90 Å². The lowest BCUT2D eigenvalue weighted by atomic mass is 10.0. The molecule has 2 aromatic rings. The maximum atomic E-state index is 11.0. The maximum Gasteiger partial charge on any atom is 0.307 e. The van der Waals surface area contributed by atoms with E-state index in [1.165, 1.54) is 0 Å². The molecule has 1 aromatic heterocycles. The molecule has 1 aromatic carbocycles. The molecular weight excluding hydrogens is 288 g/mol. The summed E-state index contributed by atoms with van der Waals surface area (Å²) in [5, 5.41) is 9.65. The number of aliphatic carboxylic acids is 1. The van der Waals surface area contributed by atoms with Gasteiger partial charge < -0.3 is 5.11 Å². The van der Waals surface area contributed by atoms with Gasteiger partial charge in [0.1, 0.15) is 0 Å². The van der Waals surface area contributed by atoms with Gasteiger partial charge in [0, 0.05) is 22.5 Å². The van der Waals surface area contributed by atoms with E-state index in [2.05, 4.69) is 9.97 Å². The molecule has 5 heteroatoms. The first-order valence-electron chi connectivity index (χ1n) is 6.92. The van der Waals surface area contributed by atoms with E-state index in [0.29, 0.717) is 23.7 Å². The van der Waals surface area contributed by atoms with Gasteiger partial charge in [-0.3, -0.25) is 4.79 Å². The lowest BCUT2D eigenvalue weighted by molar-refractivity contribution is -0.136. The van der Waals surface area contributed by atoms with E-state index in [9.17, 15) is 4.79 Å². The smallest absolute Gasteiger partial charge is 0.307 e. The minimum atomic E-state index is -0.867. The number of aromatic nitrogens is 2. The Hall–Kier alpha value is -1.94. The number of aryl methyl sites for hydroxylation is 2. The highest BCUT2D eigenvalue weighted by Crippen LogP contribution is 2.27. The zero-order valence-electron chi connectivity index (χ0n) is 12.1. The summed E-state index contributed by atoms with van der Waals surface area (Å²) < 4.78 is 0. The average molecular weight is 305 g/mol. The van der Waals surface area contributed by atoms with Gasteiger partial charge in [-0.25, -0.2) is 9.97 Å². The highest BCUT2D eigenvalue weighted by Gasteiger charge is 2.16. The van der Waals surface area contributed by atoms with E-state index in [4.69, 9.17) is 16.7 Å². The number of carbonyl (C=O) groups is 1. The van der Waals surface area contributed by atoms with Gasteiger partial charge in [0.2, 0.25) is 0 Å². The Morgan fingerprint density at radius 2 is 1.71 bits per heavy atom. The third-order valence-corrected chi connectivity index (χ3v) is 3.62. The van der Waals surface area contributed by atoms with Gasteiger partial charge >= 0.3 is 5.97 Å². The topological polar surface area (TPSA) is 63.1 Å². The first-order valence-corrected chi connectivity index (χ1v) is 7.29. The number of carboxylic acid groups (broad SMARTS) is 1. The quantitative estimate of drug-likeness (QED) is 0.917. The van der Waals surface area contributed by atoms with Crippen molar-refractivity contribution in [2.75, 3.05) is 0 Å². The number of benzene rings is 1. The Kier molecular flexibility index (Phi) is 4.91. The predicted octanol–water partition coefficient (Wildman–Crippen LogP) is 3.55. The molecular formula is C16H17ClN2O2. The molecule has 0 aliphatic rings. The molecule has 0 spiro atoms. The van der Waals surface area contributed by atoms with Crippen LogP contribution < -0.4 is 0 Å². The van der Waals surface area contributed by atoms with Gasteiger partial charge in [0.15, 0.2) is 5.82 Å². The lowest BCUT2D eigenvalue weighted by Crippen LogP contribution is -2.11. The zero-order chi connectivity index (χ0) is 15.4. The van der Waals surface area contributed by atoms with E-state index >= 15 is 0 Å². The molecule has 0 fully saturated rings. The Bertz CT molecular complexity index is 646. The number of hydrogen-bond acceptors (Lipinski definition) is 3. The number of hydrogen-bond donors (Lipinski definition) is 1. The molecule has 0 radical (unpaired) electrons. The van der Waals surface area contributed by atoms with E-state index in [1.54, 1.807) is 6.07 Å². The molecule has 1 N–H and O–H groups in total. The van der Waals surface area contributed by atoms with Crippen LogP contribution in [0.1, 0.15) is 30.8 Å². The van der Waals surface area contributed by atoms with Crippen LogP contribution in [0.25, 0.3) is 11.4 Å². The fraction of sp³-hybridized carbons (Fsp3) is 0.312. The van der Waals surface area contributed by atoms with Crippen LogP contribution in [0.15, 0.2) is 24.3 Å². The minimum Gasteiger partial charge on any atom is -0.481 e. The van der Waals surface area contributed by atoms with E-state index in [-0.39, 0.29) is 6.42 Å². The molecule has 0 amide bonds. The highest BCUT2D eigenvalue weighted by molar-refractivity contribution is 6.33. The van der Waals surface area contributed by atoms with Gasteiger partial charge in [-0.05, 0) is 25.0 Å². The van der Waals surface area contributed by atoms with E-state index in [1.807, 2.05) is 32.0 Å². The molecule has 4 nitrogen and oxygen atoms in total. The average Bonchev–Trinajstić information content (AvgIpc) is 2.47. The number of halogens is 1. The maximum absolute atomic E-state index is 11.0. The molecule has 0 aliphatic carbocycles. The van der Waals surface area contributed by atoms with Crippen LogP contribution in [-0.2, 0) is 24.1 Å². The SMILES string of the molecule is CCc1nc(-c2ccccc2Cl)nc(CC)c1CC(=O)O. The van der Waals surface area contributed by atoms with E-state index in [0.717, 1.165) is 22.5 Å². The zero-order valence-corrected chi connectivity index (χ0v) is 12.8. The van der Waals surface area contributed by atoms with Crippen LogP contribution in [0, 0.1) is 0 Å². The van der Waals surface area contributed by atoms with Crippen molar-refractivity contribution in [2.45, 2.75) is 33.1 Å². The number of nitrogens with zero attached hydrogens (tertiary/aromatic N) is 2. The summed E-state index contributed by atoms with van der Waals surface area (Å²) in [5.74, 6) is -0.308. The second kappa shape index (κ2) is 6.68. The molecule has 0 bridgehead atoms. The Balaban J connectivity index is 2.60. The monoisotopic (exact) mass is 304 g/mol. The molecule has 0 unspecified atom stereocenters. The highest BCUT2D eigenvalue weighted by atomic mass is 35.5. The molecule has 0 aliphatic heterocycles. The number of carboxylic acids is 1. The molecule has 21 heavy (non-hydrogen) atoms. The van der Waals surface area contributed by atoms with Crippen LogP contribution >= 0.6 is 11.6 Å².